The molecule has 1 fully saturated rings. The Bertz CT molecular complexity index is 731. The van der Waals surface area contributed by atoms with E-state index in [-0.39, 0.29) is 12.5 Å². The Labute approximate surface area is 158 Å². The summed E-state index contributed by atoms with van der Waals surface area (Å²) in [7, 11) is 0. The van der Waals surface area contributed by atoms with Gasteiger partial charge in [0.25, 0.3) is 0 Å². The van der Waals surface area contributed by atoms with E-state index >= 15 is 0 Å². The van der Waals surface area contributed by atoms with Crippen molar-refractivity contribution < 1.29 is 18.7 Å². The summed E-state index contributed by atoms with van der Waals surface area (Å²) < 4.78 is 19.7. The van der Waals surface area contributed by atoms with E-state index in [1.807, 2.05) is 4.90 Å². The minimum atomic E-state index is -0.561. The first-order chi connectivity index (χ1) is 12.7. The van der Waals surface area contributed by atoms with Crippen LogP contribution in [0.5, 0.6) is 0 Å². The molecule has 0 spiro atoms. The Hall–Kier alpha value is -2.82. The molecule has 0 aliphatic carbocycles. The predicted molar refractivity (Wildman–Crippen MR) is 99.9 cm³/mol. The molecule has 1 aliphatic heterocycles. The van der Waals surface area contributed by atoms with E-state index in [4.69, 9.17) is 10.00 Å². The van der Waals surface area contributed by atoms with E-state index in [0.717, 1.165) is 0 Å². The van der Waals surface area contributed by atoms with E-state index in [0.29, 0.717) is 37.3 Å². The van der Waals surface area contributed by atoms with Crippen LogP contribution in [0, 0.1) is 17.1 Å². The number of carbonyl (C=O) groups is 2. The van der Waals surface area contributed by atoms with Crippen LogP contribution >= 0.6 is 0 Å². The average Bonchev–Trinajstić information content (AvgIpc) is 2.54. The van der Waals surface area contributed by atoms with E-state index in [9.17, 15) is 14.0 Å². The molecule has 1 heterocycles. The number of halogens is 1. The number of hydrogen-bond donors (Lipinski definition) is 2. The van der Waals surface area contributed by atoms with E-state index in [1.165, 1.54) is 12.1 Å². The first kappa shape index (κ1) is 20.5. The molecule has 0 atom stereocenters. The topological polar surface area (TPSA) is 94.5 Å². The molecule has 2 amide bonds. The summed E-state index contributed by atoms with van der Waals surface area (Å²) in [5.74, 6) is -0.922. The Balaban J connectivity index is 2.00. The van der Waals surface area contributed by atoms with Crippen LogP contribution in [-0.2, 0) is 9.53 Å². The number of anilines is 2. The highest BCUT2D eigenvalue weighted by Gasteiger charge is 2.26. The summed E-state index contributed by atoms with van der Waals surface area (Å²) in [6.07, 6.45) is 0.493. The minimum absolute atomic E-state index is 0.0560. The molecule has 2 N–H and O–H groups in total. The molecule has 1 saturated heterocycles. The highest BCUT2D eigenvalue weighted by molar-refractivity contribution is 5.95. The van der Waals surface area contributed by atoms with Gasteiger partial charge in [0.05, 0.1) is 17.4 Å². The van der Waals surface area contributed by atoms with Gasteiger partial charge in [0, 0.05) is 19.1 Å². The number of alkyl carbamates (subject to hydrolysis) is 1. The Morgan fingerprint density at radius 1 is 1.33 bits per heavy atom. The lowest BCUT2D eigenvalue weighted by Gasteiger charge is -2.35. The Morgan fingerprint density at radius 3 is 2.59 bits per heavy atom. The van der Waals surface area contributed by atoms with Crippen molar-refractivity contribution in [3.63, 3.8) is 0 Å². The molecule has 1 aliphatic rings. The zero-order valence-electron chi connectivity index (χ0n) is 15.8. The fourth-order valence-corrected chi connectivity index (χ4v) is 2.93. The SMILES string of the molecule is CC(C)(C)OC(=O)NC1CCN(c2c(F)cccc2NC(=O)CC#N)CC1. The van der Waals surface area contributed by atoms with Crippen molar-refractivity contribution in [1.29, 1.82) is 5.26 Å². The second kappa shape index (κ2) is 8.71. The third-order valence-corrected chi connectivity index (χ3v) is 4.03. The quantitative estimate of drug-likeness (QED) is 0.842. The standard InChI is InChI=1S/C19H25FN4O3/c1-19(2,3)27-18(26)22-13-8-11-24(12-9-13)17-14(20)5-4-6-15(17)23-16(25)7-10-21/h4-6,13H,7-9,11-12H2,1-3H3,(H,22,26)(H,23,25). The number of para-hydroxylation sites is 1. The molecular weight excluding hydrogens is 351 g/mol. The fraction of sp³-hybridized carbons (Fsp3) is 0.526. The molecule has 146 valence electrons. The van der Waals surface area contributed by atoms with Gasteiger partial charge in [0.1, 0.15) is 17.8 Å². The van der Waals surface area contributed by atoms with Gasteiger partial charge in [0.15, 0.2) is 0 Å². The van der Waals surface area contributed by atoms with Crippen LogP contribution in [0.15, 0.2) is 18.2 Å². The van der Waals surface area contributed by atoms with Gasteiger partial charge >= 0.3 is 6.09 Å². The zero-order valence-corrected chi connectivity index (χ0v) is 15.8. The van der Waals surface area contributed by atoms with Crippen LogP contribution in [0.1, 0.15) is 40.0 Å². The largest absolute Gasteiger partial charge is 0.444 e. The molecule has 1 aromatic carbocycles. The number of benzene rings is 1. The van der Waals surface area contributed by atoms with Crippen LogP contribution in [0.3, 0.4) is 0 Å². The van der Waals surface area contributed by atoms with Crippen molar-refractivity contribution in [3.05, 3.63) is 24.0 Å². The first-order valence-corrected chi connectivity index (χ1v) is 8.89. The third-order valence-electron chi connectivity index (χ3n) is 4.03. The van der Waals surface area contributed by atoms with Gasteiger partial charge < -0.3 is 20.3 Å². The molecule has 8 heteroatoms. The van der Waals surface area contributed by atoms with Crippen molar-refractivity contribution in [2.45, 2.75) is 51.7 Å². The second-order valence-electron chi connectivity index (χ2n) is 7.43. The van der Waals surface area contributed by atoms with E-state index < -0.39 is 23.4 Å². The van der Waals surface area contributed by atoms with E-state index in [2.05, 4.69) is 10.6 Å². The van der Waals surface area contributed by atoms with Gasteiger partial charge in [-0.2, -0.15) is 5.26 Å². The Morgan fingerprint density at radius 2 is 2.00 bits per heavy atom. The van der Waals surface area contributed by atoms with Crippen LogP contribution in [0.25, 0.3) is 0 Å². The maximum atomic E-state index is 14.4. The molecule has 0 saturated carbocycles. The smallest absolute Gasteiger partial charge is 0.407 e. The molecule has 7 nitrogen and oxygen atoms in total. The van der Waals surface area contributed by atoms with Crippen LogP contribution in [0.2, 0.25) is 0 Å². The van der Waals surface area contributed by atoms with Crippen LogP contribution in [-0.4, -0.2) is 36.7 Å². The zero-order chi connectivity index (χ0) is 20.0. The maximum absolute atomic E-state index is 14.4. The number of rotatable bonds is 4. The molecule has 27 heavy (non-hydrogen) atoms. The number of amides is 2. The number of piperidine rings is 1. The van der Waals surface area contributed by atoms with E-state index in [1.54, 1.807) is 32.9 Å². The molecule has 2 rings (SSSR count). The van der Waals surface area contributed by atoms with Crippen molar-refractivity contribution in [1.82, 2.24) is 5.32 Å². The average molecular weight is 376 g/mol. The molecule has 0 aromatic heterocycles. The Kier molecular flexibility index (Phi) is 6.61. The number of ether oxygens (including phenoxy) is 1. The molecule has 0 radical (unpaired) electrons. The minimum Gasteiger partial charge on any atom is -0.444 e. The van der Waals surface area contributed by atoms with Crippen LogP contribution in [0.4, 0.5) is 20.6 Å². The predicted octanol–water partition coefficient (Wildman–Crippen LogP) is 3.17. The van der Waals surface area contributed by atoms with Crippen molar-refractivity contribution in [2.24, 2.45) is 0 Å². The van der Waals surface area contributed by atoms with Gasteiger partial charge in [-0.3, -0.25) is 4.79 Å². The summed E-state index contributed by atoms with van der Waals surface area (Å²) in [5, 5.41) is 14.0. The van der Waals surface area contributed by atoms with Crippen molar-refractivity contribution >= 4 is 23.4 Å². The van der Waals surface area contributed by atoms with Gasteiger partial charge in [-0.1, -0.05) is 6.07 Å². The monoisotopic (exact) mass is 376 g/mol. The third kappa shape index (κ3) is 6.13. The van der Waals surface area contributed by atoms with Crippen molar-refractivity contribution in [3.8, 4) is 6.07 Å². The lowest BCUT2D eigenvalue weighted by Crippen LogP contribution is -2.46. The van der Waals surface area contributed by atoms with Gasteiger partial charge in [-0.05, 0) is 45.7 Å². The highest BCUT2D eigenvalue weighted by atomic mass is 19.1. The maximum Gasteiger partial charge on any atom is 0.407 e. The number of nitrogens with zero attached hydrogens (tertiary/aromatic N) is 2. The van der Waals surface area contributed by atoms with Gasteiger partial charge in [-0.15, -0.1) is 0 Å². The van der Waals surface area contributed by atoms with Crippen LogP contribution < -0.4 is 15.5 Å². The summed E-state index contributed by atoms with van der Waals surface area (Å²) >= 11 is 0. The summed E-state index contributed by atoms with van der Waals surface area (Å²) in [6.45, 7) is 6.44. The molecule has 0 unspecified atom stereocenters. The number of nitrogens with one attached hydrogen (secondary N) is 2. The summed E-state index contributed by atoms with van der Waals surface area (Å²) in [4.78, 5) is 25.4. The highest BCUT2D eigenvalue weighted by Crippen LogP contribution is 2.31. The molecule has 0 bridgehead atoms. The normalized spacial score (nSPS) is 15.0. The number of hydrogen-bond acceptors (Lipinski definition) is 5. The second-order valence-corrected chi connectivity index (χ2v) is 7.43. The van der Waals surface area contributed by atoms with Gasteiger partial charge in [0.2, 0.25) is 5.91 Å². The number of nitriles is 1. The van der Waals surface area contributed by atoms with Gasteiger partial charge in [-0.25, -0.2) is 9.18 Å². The van der Waals surface area contributed by atoms with Crippen molar-refractivity contribution in [2.75, 3.05) is 23.3 Å². The summed E-state index contributed by atoms with van der Waals surface area (Å²) in [6, 6.07) is 6.17. The fourth-order valence-electron chi connectivity index (χ4n) is 2.93. The summed E-state index contributed by atoms with van der Waals surface area (Å²) in [5.41, 5.74) is 0.0856. The number of carbonyl (C=O) groups excluding carboxylic acids is 2. The first-order valence-electron chi connectivity index (χ1n) is 8.89. The molecular formula is C19H25FN4O3. The lowest BCUT2D eigenvalue weighted by molar-refractivity contribution is -0.115. The molecule has 1 aromatic rings. The lowest BCUT2D eigenvalue weighted by atomic mass is 10.0.